The fourth-order valence-corrected chi connectivity index (χ4v) is 3.11. The molecule has 128 valence electrons. The van der Waals surface area contributed by atoms with Crippen molar-refractivity contribution >= 4 is 52.2 Å². The Kier molecular flexibility index (Phi) is 6.02. The lowest BCUT2D eigenvalue weighted by Crippen LogP contribution is -2.07. The van der Waals surface area contributed by atoms with Gasteiger partial charge in [-0.25, -0.2) is 9.97 Å². The highest BCUT2D eigenvalue weighted by Crippen LogP contribution is 2.31. The third kappa shape index (κ3) is 4.57. The fourth-order valence-electron chi connectivity index (χ4n) is 2.24. The molecule has 7 heteroatoms. The molecule has 25 heavy (non-hydrogen) atoms. The Morgan fingerprint density at radius 3 is 2.40 bits per heavy atom. The fraction of sp³-hybridized carbons (Fsp3) is 0.111. The molecular formula is C18H16Cl2N4S. The van der Waals surface area contributed by atoms with Crippen molar-refractivity contribution in [3.05, 3.63) is 70.3 Å². The van der Waals surface area contributed by atoms with Crippen LogP contribution in [0.4, 0.5) is 17.2 Å². The van der Waals surface area contributed by atoms with Crippen molar-refractivity contribution < 1.29 is 0 Å². The van der Waals surface area contributed by atoms with Gasteiger partial charge in [0.2, 0.25) is 0 Å². The van der Waals surface area contributed by atoms with Crippen molar-refractivity contribution in [3.63, 3.8) is 0 Å². The maximum absolute atomic E-state index is 6.22. The van der Waals surface area contributed by atoms with E-state index in [1.54, 1.807) is 12.1 Å². The van der Waals surface area contributed by atoms with Crippen LogP contribution in [0, 0.1) is 0 Å². The maximum atomic E-state index is 6.22. The molecule has 0 saturated carbocycles. The van der Waals surface area contributed by atoms with Crippen molar-refractivity contribution in [3.8, 4) is 0 Å². The molecule has 0 spiro atoms. The van der Waals surface area contributed by atoms with Gasteiger partial charge in [-0.15, -0.1) is 0 Å². The van der Waals surface area contributed by atoms with Gasteiger partial charge in [-0.2, -0.15) is 0 Å². The van der Waals surface area contributed by atoms with E-state index in [1.807, 2.05) is 48.9 Å². The lowest BCUT2D eigenvalue weighted by Gasteiger charge is -2.14. The van der Waals surface area contributed by atoms with E-state index < -0.39 is 0 Å². The van der Waals surface area contributed by atoms with E-state index >= 15 is 0 Å². The number of hydrogen-bond acceptors (Lipinski definition) is 5. The second-order valence-corrected chi connectivity index (χ2v) is 6.76. The summed E-state index contributed by atoms with van der Waals surface area (Å²) in [5, 5.41) is 8.47. The highest BCUT2D eigenvalue weighted by Gasteiger charge is 2.10. The van der Waals surface area contributed by atoms with Gasteiger partial charge in [-0.05, 0) is 30.5 Å². The van der Waals surface area contributed by atoms with Gasteiger partial charge in [0.05, 0.1) is 15.7 Å². The molecule has 0 amide bonds. The van der Waals surface area contributed by atoms with Crippen LogP contribution in [0.3, 0.4) is 0 Å². The molecule has 2 aromatic carbocycles. The van der Waals surface area contributed by atoms with Crippen LogP contribution in [0.2, 0.25) is 10.0 Å². The monoisotopic (exact) mass is 390 g/mol. The molecule has 0 atom stereocenters. The molecule has 0 aliphatic carbocycles. The summed E-state index contributed by atoms with van der Waals surface area (Å²) in [6, 6.07) is 15.3. The van der Waals surface area contributed by atoms with Crippen molar-refractivity contribution in [1.29, 1.82) is 0 Å². The number of anilines is 3. The van der Waals surface area contributed by atoms with E-state index in [-0.39, 0.29) is 0 Å². The number of aromatic nitrogens is 2. The predicted molar refractivity (Wildman–Crippen MR) is 107 cm³/mol. The topological polar surface area (TPSA) is 49.8 Å². The van der Waals surface area contributed by atoms with Crippen LogP contribution in [0.15, 0.2) is 59.9 Å². The first-order valence-electron chi connectivity index (χ1n) is 7.57. The van der Waals surface area contributed by atoms with Crippen LogP contribution < -0.4 is 10.6 Å². The van der Waals surface area contributed by atoms with Gasteiger partial charge in [0, 0.05) is 24.0 Å². The van der Waals surface area contributed by atoms with Gasteiger partial charge < -0.3 is 10.6 Å². The molecule has 2 N–H and O–H groups in total. The molecule has 0 aliphatic heterocycles. The average Bonchev–Trinajstić information content (AvgIpc) is 2.63. The minimum absolute atomic E-state index is 0.493. The molecule has 4 nitrogen and oxygen atoms in total. The Labute approximate surface area is 161 Å². The molecule has 0 bridgehead atoms. The van der Waals surface area contributed by atoms with E-state index in [1.165, 1.54) is 11.8 Å². The van der Waals surface area contributed by atoms with Crippen LogP contribution in [-0.4, -0.2) is 16.2 Å². The van der Waals surface area contributed by atoms with E-state index in [2.05, 4.69) is 20.6 Å². The Morgan fingerprint density at radius 2 is 1.72 bits per heavy atom. The SMILES string of the molecule is CSc1ncc(CNc2c(Cl)cccc2Cl)c(Nc2ccccc2)n1. The van der Waals surface area contributed by atoms with Crippen LogP contribution in [-0.2, 0) is 6.54 Å². The summed E-state index contributed by atoms with van der Waals surface area (Å²) in [6.07, 6.45) is 3.75. The molecule has 0 aliphatic rings. The lowest BCUT2D eigenvalue weighted by atomic mass is 10.2. The van der Waals surface area contributed by atoms with E-state index in [9.17, 15) is 0 Å². The summed E-state index contributed by atoms with van der Waals surface area (Å²) in [6.45, 7) is 0.493. The maximum Gasteiger partial charge on any atom is 0.189 e. The normalized spacial score (nSPS) is 10.5. The summed E-state index contributed by atoms with van der Waals surface area (Å²) in [5.74, 6) is 0.751. The number of thioether (sulfide) groups is 1. The third-order valence-corrected chi connectivity index (χ3v) is 4.67. The average molecular weight is 391 g/mol. The van der Waals surface area contributed by atoms with Crippen molar-refractivity contribution in [2.45, 2.75) is 11.7 Å². The number of nitrogens with one attached hydrogen (secondary N) is 2. The second kappa shape index (κ2) is 8.43. The van der Waals surface area contributed by atoms with Crippen molar-refractivity contribution in [1.82, 2.24) is 9.97 Å². The number of halogens is 2. The molecule has 3 aromatic rings. The van der Waals surface area contributed by atoms with Gasteiger partial charge in [0.25, 0.3) is 0 Å². The molecule has 3 rings (SSSR count). The second-order valence-electron chi connectivity index (χ2n) is 5.17. The van der Waals surface area contributed by atoms with Gasteiger partial charge in [0.15, 0.2) is 5.16 Å². The largest absolute Gasteiger partial charge is 0.378 e. The minimum atomic E-state index is 0.493. The van der Waals surface area contributed by atoms with Crippen LogP contribution in [0.25, 0.3) is 0 Å². The smallest absolute Gasteiger partial charge is 0.189 e. The molecule has 0 fully saturated rings. The number of para-hydroxylation sites is 2. The third-order valence-electron chi connectivity index (χ3n) is 3.48. The quantitative estimate of drug-likeness (QED) is 0.407. The Morgan fingerprint density at radius 1 is 1.00 bits per heavy atom. The van der Waals surface area contributed by atoms with Gasteiger partial charge in [0.1, 0.15) is 5.82 Å². The summed E-state index contributed by atoms with van der Waals surface area (Å²) >= 11 is 13.9. The zero-order valence-corrected chi connectivity index (χ0v) is 15.8. The minimum Gasteiger partial charge on any atom is -0.378 e. The van der Waals surface area contributed by atoms with Crippen molar-refractivity contribution in [2.24, 2.45) is 0 Å². The van der Waals surface area contributed by atoms with E-state index in [0.717, 1.165) is 17.1 Å². The Bertz CT molecular complexity index is 839. The van der Waals surface area contributed by atoms with Crippen LogP contribution in [0.1, 0.15) is 5.56 Å². The molecule has 0 saturated heterocycles. The van der Waals surface area contributed by atoms with Gasteiger partial charge in [-0.1, -0.05) is 59.2 Å². The zero-order valence-electron chi connectivity index (χ0n) is 13.5. The van der Waals surface area contributed by atoms with E-state index in [0.29, 0.717) is 27.4 Å². The number of nitrogens with zero attached hydrogens (tertiary/aromatic N) is 2. The zero-order chi connectivity index (χ0) is 17.6. The highest BCUT2D eigenvalue weighted by atomic mass is 35.5. The first-order valence-corrected chi connectivity index (χ1v) is 9.55. The number of rotatable bonds is 6. The van der Waals surface area contributed by atoms with Crippen LogP contribution in [0.5, 0.6) is 0 Å². The first kappa shape index (κ1) is 17.9. The standard InChI is InChI=1S/C18H16Cl2N4S/c1-25-18-22-11-12(10-21-16-14(19)8-5-9-15(16)20)17(24-18)23-13-6-3-2-4-7-13/h2-9,11,21H,10H2,1H3,(H,22,23,24). The summed E-state index contributed by atoms with van der Waals surface area (Å²) in [5.41, 5.74) is 2.58. The number of benzene rings is 2. The van der Waals surface area contributed by atoms with Crippen molar-refractivity contribution in [2.75, 3.05) is 16.9 Å². The molecule has 0 radical (unpaired) electrons. The lowest BCUT2D eigenvalue weighted by molar-refractivity contribution is 0.937. The number of hydrogen-bond donors (Lipinski definition) is 2. The summed E-state index contributed by atoms with van der Waals surface area (Å²) < 4.78 is 0. The molecular weight excluding hydrogens is 375 g/mol. The molecule has 1 heterocycles. The predicted octanol–water partition coefficient (Wildman–Crippen LogP) is 5.86. The van der Waals surface area contributed by atoms with Gasteiger partial charge >= 0.3 is 0 Å². The summed E-state index contributed by atoms with van der Waals surface area (Å²) in [7, 11) is 0. The van der Waals surface area contributed by atoms with Gasteiger partial charge in [-0.3, -0.25) is 0 Å². The first-order chi connectivity index (χ1) is 12.2. The summed E-state index contributed by atoms with van der Waals surface area (Å²) in [4.78, 5) is 8.94. The Hall–Kier alpha value is -1.95. The van der Waals surface area contributed by atoms with Crippen LogP contribution >= 0.6 is 35.0 Å². The molecule has 0 unspecified atom stereocenters. The highest BCUT2D eigenvalue weighted by molar-refractivity contribution is 7.98. The molecule has 1 aromatic heterocycles. The Balaban J connectivity index is 1.85. The van der Waals surface area contributed by atoms with E-state index in [4.69, 9.17) is 23.2 Å².